The zero-order chi connectivity index (χ0) is 25.2. The second kappa shape index (κ2) is 12.6. The van der Waals surface area contributed by atoms with Crippen molar-refractivity contribution in [2.75, 3.05) is 23.9 Å². The van der Waals surface area contributed by atoms with Gasteiger partial charge in [-0.15, -0.1) is 0 Å². The summed E-state index contributed by atoms with van der Waals surface area (Å²) in [6, 6.07) is 8.49. The van der Waals surface area contributed by atoms with Crippen LogP contribution in [0.2, 0.25) is 0 Å². The smallest absolute Gasteiger partial charge is 0.147 e. The van der Waals surface area contributed by atoms with Crippen LogP contribution in [-0.4, -0.2) is 32.5 Å². The minimum absolute atomic E-state index is 0.146. The van der Waals surface area contributed by atoms with E-state index in [9.17, 15) is 0 Å². The van der Waals surface area contributed by atoms with Crippen molar-refractivity contribution in [3.8, 4) is 11.5 Å². The predicted octanol–water partition coefficient (Wildman–Crippen LogP) is 10.9. The molecule has 2 rings (SSSR count). The molecule has 0 spiro atoms. The first-order chi connectivity index (χ1) is 15.1. The average Bonchev–Trinajstić information content (AvgIpc) is 2.72. The number of ether oxygens (including phenoxy) is 2. The van der Waals surface area contributed by atoms with Gasteiger partial charge in [-0.3, -0.25) is 0 Å². The summed E-state index contributed by atoms with van der Waals surface area (Å²) >= 11 is 29.2. The van der Waals surface area contributed by atoms with E-state index in [2.05, 4.69) is 179 Å². The lowest BCUT2D eigenvalue weighted by Gasteiger charge is -2.29. The van der Waals surface area contributed by atoms with E-state index in [4.69, 9.17) is 9.47 Å². The van der Waals surface area contributed by atoms with Crippen LogP contribution in [0.1, 0.15) is 38.8 Å². The molecule has 2 aromatic rings. The van der Waals surface area contributed by atoms with Crippen LogP contribution in [-0.2, 0) is 5.41 Å². The maximum atomic E-state index is 6.10. The lowest BCUT2D eigenvalue weighted by atomic mass is 9.78. The zero-order valence-corrected chi connectivity index (χ0v) is 31.2. The molecule has 0 aromatic heterocycles. The largest absolute Gasteiger partial charge is 0.490 e. The van der Waals surface area contributed by atoms with Crippen LogP contribution in [0, 0.1) is 0 Å². The average molecular weight is 972 g/mol. The molecule has 0 aliphatic carbocycles. The van der Waals surface area contributed by atoms with Crippen LogP contribution < -0.4 is 9.47 Å². The van der Waals surface area contributed by atoms with E-state index in [0.29, 0.717) is 13.2 Å². The molecule has 0 saturated carbocycles. The van der Waals surface area contributed by atoms with Crippen LogP contribution in [0.4, 0.5) is 0 Å². The molecule has 2 nitrogen and oxygen atoms in total. The number of hydrogen-bond acceptors (Lipinski definition) is 2. The van der Waals surface area contributed by atoms with Gasteiger partial charge in [0.25, 0.3) is 0 Å². The van der Waals surface area contributed by atoms with Crippen molar-refractivity contribution in [2.45, 2.75) is 41.8 Å². The molecule has 0 saturated heterocycles. The van der Waals surface area contributed by atoms with Gasteiger partial charge in [0.15, 0.2) is 0 Å². The molecule has 0 aliphatic rings. The topological polar surface area (TPSA) is 18.5 Å². The summed E-state index contributed by atoms with van der Waals surface area (Å²) < 4.78 is 15.5. The molecule has 2 aromatic carbocycles. The normalized spacial score (nSPS) is 15.6. The molecule has 184 valence electrons. The Morgan fingerprint density at radius 2 is 0.879 bits per heavy atom. The maximum Gasteiger partial charge on any atom is 0.147 e. The molecule has 0 N–H and O–H groups in total. The number of benzene rings is 2. The summed E-state index contributed by atoms with van der Waals surface area (Å²) in [5.74, 6) is 1.58. The van der Waals surface area contributed by atoms with E-state index in [1.54, 1.807) is 0 Å². The summed E-state index contributed by atoms with van der Waals surface area (Å²) in [5.41, 5.74) is 2.03. The van der Waals surface area contributed by atoms with Gasteiger partial charge in [0.2, 0.25) is 0 Å². The first-order valence-corrected chi connectivity index (χ1v) is 16.9. The van der Waals surface area contributed by atoms with Crippen molar-refractivity contribution in [1.82, 2.24) is 0 Å². The van der Waals surface area contributed by atoms with Gasteiger partial charge in [0, 0.05) is 16.1 Å². The van der Waals surface area contributed by atoms with E-state index in [0.717, 1.165) is 51.2 Å². The van der Waals surface area contributed by atoms with Gasteiger partial charge in [-0.1, -0.05) is 77.6 Å². The Morgan fingerprint density at radius 1 is 0.606 bits per heavy atom. The van der Waals surface area contributed by atoms with Crippen molar-refractivity contribution >= 4 is 127 Å². The summed E-state index contributed by atoms with van der Waals surface area (Å²) in [4.78, 5) is 0. The first-order valence-electron chi connectivity index (χ1n) is 9.88. The third kappa shape index (κ3) is 8.44. The molecule has 0 heterocycles. The lowest BCUT2D eigenvalue weighted by Crippen LogP contribution is -2.27. The molecule has 0 amide bonds. The number of hydrogen-bond donors (Lipinski definition) is 0. The van der Waals surface area contributed by atoms with Gasteiger partial charge < -0.3 is 9.47 Å². The highest BCUT2D eigenvalue weighted by Crippen LogP contribution is 2.44. The van der Waals surface area contributed by atoms with Crippen molar-refractivity contribution in [2.24, 2.45) is 0 Å². The Labute approximate surface area is 264 Å². The van der Waals surface area contributed by atoms with Gasteiger partial charge in [-0.2, -0.15) is 0 Å². The van der Waals surface area contributed by atoms with Gasteiger partial charge in [0.05, 0.1) is 26.5 Å². The third-order valence-electron chi connectivity index (χ3n) is 5.03. The van der Waals surface area contributed by atoms with Gasteiger partial charge >= 0.3 is 0 Å². The van der Waals surface area contributed by atoms with Crippen LogP contribution in [0.3, 0.4) is 0 Å². The van der Waals surface area contributed by atoms with E-state index in [1.165, 1.54) is 0 Å². The highest BCUT2D eigenvalue weighted by Gasteiger charge is 2.29. The molecule has 0 aliphatic heterocycles. The molecule has 0 radical (unpaired) electrons. The lowest BCUT2D eigenvalue weighted by molar-refractivity contribution is 0.289. The van der Waals surface area contributed by atoms with Crippen molar-refractivity contribution in [3.05, 3.63) is 53.3 Å². The Morgan fingerprint density at radius 3 is 1.12 bits per heavy atom. The first kappa shape index (κ1) is 31.1. The van der Waals surface area contributed by atoms with E-state index < -0.39 is 0 Å². The number of halogens is 8. The summed E-state index contributed by atoms with van der Waals surface area (Å²) in [5, 5.41) is 1.57. The predicted molar refractivity (Wildman–Crippen MR) is 169 cm³/mol. The fourth-order valence-electron chi connectivity index (χ4n) is 2.81. The Bertz CT molecular complexity index is 865. The molecule has 33 heavy (non-hydrogen) atoms. The third-order valence-corrected chi connectivity index (χ3v) is 12.4. The summed E-state index contributed by atoms with van der Waals surface area (Å²) in [6.07, 6.45) is 0. The minimum Gasteiger partial charge on any atom is -0.490 e. The molecular weight excluding hydrogens is 947 g/mol. The van der Waals surface area contributed by atoms with Crippen molar-refractivity contribution < 1.29 is 9.47 Å². The Balaban J connectivity index is 2.35. The Hall–Kier alpha value is 1.88. The fraction of sp³-hybridized carbons (Fsp3) is 0.478. The molecule has 10 heteroatoms. The zero-order valence-electron chi connectivity index (χ0n) is 18.5. The van der Waals surface area contributed by atoms with Crippen LogP contribution in [0.25, 0.3) is 0 Å². The molecular formula is C23H24Br8O2. The SMILES string of the molecule is CC(Br)(CBr)COc1c(Br)cc(C(C)(C)c2cc(Br)c(OCC(C)(Br)CBr)c(Br)c2)cc1Br. The molecule has 0 fully saturated rings. The molecule has 0 bridgehead atoms. The van der Waals surface area contributed by atoms with Gasteiger partial charge in [-0.25, -0.2) is 0 Å². The second-order valence-corrected chi connectivity index (χ2v) is 17.2. The second-order valence-electron chi connectivity index (χ2n) is 8.83. The standard InChI is InChI=1S/C23H24Br8O2/c1-21(2,13-5-15(26)19(16(27)6-13)32-11-22(3,30)9-24)14-7-17(28)20(18(29)8-14)33-12-23(4,31)10-25/h5-8H,9-12H2,1-4H3. The highest BCUT2D eigenvalue weighted by atomic mass is 79.9. The monoisotopic (exact) mass is 964 g/mol. The minimum atomic E-state index is -0.271. The molecule has 2 atom stereocenters. The highest BCUT2D eigenvalue weighted by molar-refractivity contribution is 9.13. The van der Waals surface area contributed by atoms with Crippen LogP contribution in [0.5, 0.6) is 11.5 Å². The van der Waals surface area contributed by atoms with E-state index >= 15 is 0 Å². The summed E-state index contributed by atoms with van der Waals surface area (Å²) in [6.45, 7) is 9.64. The molecule has 2 unspecified atom stereocenters. The van der Waals surface area contributed by atoms with Crippen LogP contribution in [0.15, 0.2) is 42.2 Å². The quantitative estimate of drug-likeness (QED) is 0.221. The van der Waals surface area contributed by atoms with Gasteiger partial charge in [0.1, 0.15) is 24.7 Å². The van der Waals surface area contributed by atoms with Crippen molar-refractivity contribution in [1.29, 1.82) is 0 Å². The van der Waals surface area contributed by atoms with E-state index in [1.807, 2.05) is 0 Å². The fourth-order valence-corrected chi connectivity index (χ4v) is 6.19. The van der Waals surface area contributed by atoms with Gasteiger partial charge in [-0.05, 0) is 113 Å². The maximum absolute atomic E-state index is 6.10. The Kier molecular flexibility index (Phi) is 11.9. The number of alkyl halides is 4. The van der Waals surface area contributed by atoms with E-state index in [-0.39, 0.29) is 14.1 Å². The summed E-state index contributed by atoms with van der Waals surface area (Å²) in [7, 11) is 0. The number of rotatable bonds is 10. The van der Waals surface area contributed by atoms with Crippen LogP contribution >= 0.6 is 127 Å². The van der Waals surface area contributed by atoms with Crippen molar-refractivity contribution in [3.63, 3.8) is 0 Å².